The molecule has 1 aliphatic carbocycles. The third kappa shape index (κ3) is 1.23. The fourth-order valence-corrected chi connectivity index (χ4v) is 1.44. The van der Waals surface area contributed by atoms with Crippen molar-refractivity contribution in [3.05, 3.63) is 0 Å². The molecule has 8 heavy (non-hydrogen) atoms. The normalized spacial score (nSPS) is 22.0. The van der Waals surface area contributed by atoms with Crippen molar-refractivity contribution in [1.82, 2.24) is 0 Å². The first-order valence-electron chi connectivity index (χ1n) is 2.84. The van der Waals surface area contributed by atoms with Gasteiger partial charge in [-0.1, -0.05) is 15.9 Å². The van der Waals surface area contributed by atoms with Crippen molar-refractivity contribution in [1.29, 1.82) is 5.26 Å². The molecule has 44 valence electrons. The molecule has 0 spiro atoms. The minimum atomic E-state index is 0.287. The number of nitriles is 1. The molecule has 0 heterocycles. The molecule has 1 rings (SSSR count). The van der Waals surface area contributed by atoms with E-state index in [9.17, 15) is 0 Å². The van der Waals surface area contributed by atoms with Gasteiger partial charge in [0.1, 0.15) is 0 Å². The Morgan fingerprint density at radius 2 is 2.38 bits per heavy atom. The van der Waals surface area contributed by atoms with Crippen molar-refractivity contribution in [3.63, 3.8) is 0 Å². The van der Waals surface area contributed by atoms with E-state index >= 15 is 0 Å². The average molecular weight is 174 g/mol. The van der Waals surface area contributed by atoms with Gasteiger partial charge in [-0.2, -0.15) is 5.26 Å². The number of alkyl halides is 1. The van der Waals surface area contributed by atoms with Gasteiger partial charge in [-0.25, -0.2) is 0 Å². The molecule has 0 amide bonds. The number of nitrogens with zero attached hydrogens (tertiary/aromatic N) is 1. The van der Waals surface area contributed by atoms with Crippen LogP contribution in [-0.4, -0.2) is 5.33 Å². The predicted octanol–water partition coefficient (Wildman–Crippen LogP) is 1.93. The Labute approximate surface area is 57.8 Å². The molecule has 0 aromatic carbocycles. The number of hydrogen-bond acceptors (Lipinski definition) is 1. The third-order valence-electron chi connectivity index (χ3n) is 1.52. The zero-order chi connectivity index (χ0) is 5.98. The highest BCUT2D eigenvalue weighted by atomic mass is 79.9. The van der Waals surface area contributed by atoms with Gasteiger partial charge in [0.15, 0.2) is 0 Å². The van der Waals surface area contributed by atoms with Crippen molar-refractivity contribution < 1.29 is 0 Å². The zero-order valence-corrected chi connectivity index (χ0v) is 6.19. The van der Waals surface area contributed by atoms with Crippen LogP contribution in [0.5, 0.6) is 0 Å². The fourth-order valence-electron chi connectivity index (χ4n) is 0.764. The highest BCUT2D eigenvalue weighted by Gasteiger charge is 2.29. The third-order valence-corrected chi connectivity index (χ3v) is 2.22. The Bertz CT molecular complexity index is 112. The number of halogens is 1. The SMILES string of the molecule is N#CC(CBr)C1CC1. The van der Waals surface area contributed by atoms with Crippen LogP contribution in [0.4, 0.5) is 0 Å². The van der Waals surface area contributed by atoms with Gasteiger partial charge in [0, 0.05) is 5.33 Å². The lowest BCUT2D eigenvalue weighted by molar-refractivity contribution is 0.656. The van der Waals surface area contributed by atoms with Crippen molar-refractivity contribution in [2.45, 2.75) is 12.8 Å². The minimum absolute atomic E-state index is 0.287. The van der Waals surface area contributed by atoms with Crippen molar-refractivity contribution in [2.24, 2.45) is 11.8 Å². The molecule has 0 N–H and O–H groups in total. The van der Waals surface area contributed by atoms with Crippen LogP contribution in [0.2, 0.25) is 0 Å². The lowest BCUT2D eigenvalue weighted by Crippen LogP contribution is -1.99. The first-order chi connectivity index (χ1) is 3.88. The van der Waals surface area contributed by atoms with Crippen LogP contribution in [-0.2, 0) is 0 Å². The maximum atomic E-state index is 8.46. The molecule has 2 heteroatoms. The van der Waals surface area contributed by atoms with E-state index in [2.05, 4.69) is 22.0 Å². The van der Waals surface area contributed by atoms with Crippen LogP contribution in [0.3, 0.4) is 0 Å². The summed E-state index contributed by atoms with van der Waals surface area (Å²) in [6, 6.07) is 2.27. The van der Waals surface area contributed by atoms with Crippen LogP contribution >= 0.6 is 15.9 Å². The lowest BCUT2D eigenvalue weighted by atomic mass is 10.1. The van der Waals surface area contributed by atoms with Gasteiger partial charge in [-0.3, -0.25) is 0 Å². The zero-order valence-electron chi connectivity index (χ0n) is 4.60. The summed E-state index contributed by atoms with van der Waals surface area (Å²) in [5.41, 5.74) is 0. The highest BCUT2D eigenvalue weighted by molar-refractivity contribution is 9.09. The number of rotatable bonds is 2. The smallest absolute Gasteiger partial charge is 0.0667 e. The topological polar surface area (TPSA) is 23.8 Å². The molecule has 0 aromatic rings. The van der Waals surface area contributed by atoms with E-state index in [1.54, 1.807) is 0 Å². The van der Waals surface area contributed by atoms with Gasteiger partial charge in [0.05, 0.1) is 12.0 Å². The summed E-state index contributed by atoms with van der Waals surface area (Å²) < 4.78 is 0. The predicted molar refractivity (Wildman–Crippen MR) is 35.6 cm³/mol. The summed E-state index contributed by atoms with van der Waals surface area (Å²) in [6.45, 7) is 0. The maximum absolute atomic E-state index is 8.46. The molecular weight excluding hydrogens is 166 g/mol. The first-order valence-corrected chi connectivity index (χ1v) is 3.96. The van der Waals surface area contributed by atoms with Crippen molar-refractivity contribution in [2.75, 3.05) is 5.33 Å². The summed E-state index contributed by atoms with van der Waals surface area (Å²) in [5.74, 6) is 1.01. The van der Waals surface area contributed by atoms with E-state index in [1.807, 2.05) is 0 Å². The molecule has 0 radical (unpaired) electrons. The Kier molecular flexibility index (Phi) is 1.90. The van der Waals surface area contributed by atoms with Gasteiger partial charge in [-0.15, -0.1) is 0 Å². The largest absolute Gasteiger partial charge is 0.198 e. The molecule has 1 fully saturated rings. The van der Waals surface area contributed by atoms with E-state index in [4.69, 9.17) is 5.26 Å². The van der Waals surface area contributed by atoms with Gasteiger partial charge in [-0.05, 0) is 18.8 Å². The van der Waals surface area contributed by atoms with E-state index in [0.29, 0.717) is 0 Å². The monoisotopic (exact) mass is 173 g/mol. The second-order valence-corrected chi connectivity index (χ2v) is 2.87. The second-order valence-electron chi connectivity index (χ2n) is 2.23. The highest BCUT2D eigenvalue weighted by Crippen LogP contribution is 2.37. The molecule has 1 atom stereocenters. The van der Waals surface area contributed by atoms with Gasteiger partial charge >= 0.3 is 0 Å². The maximum Gasteiger partial charge on any atom is 0.0667 e. The van der Waals surface area contributed by atoms with Gasteiger partial charge in [0.25, 0.3) is 0 Å². The van der Waals surface area contributed by atoms with Crippen molar-refractivity contribution >= 4 is 15.9 Å². The van der Waals surface area contributed by atoms with Crippen LogP contribution in [0.25, 0.3) is 0 Å². The molecule has 1 saturated carbocycles. The first kappa shape index (κ1) is 6.10. The van der Waals surface area contributed by atoms with E-state index in [0.717, 1.165) is 11.2 Å². The molecule has 0 aliphatic heterocycles. The van der Waals surface area contributed by atoms with Crippen LogP contribution in [0.1, 0.15) is 12.8 Å². The summed E-state index contributed by atoms with van der Waals surface area (Å²) in [4.78, 5) is 0. The summed E-state index contributed by atoms with van der Waals surface area (Å²) in [5, 5.41) is 9.31. The quantitative estimate of drug-likeness (QED) is 0.586. The molecular formula is C6H8BrN. The fraction of sp³-hybridized carbons (Fsp3) is 0.833. The Balaban J connectivity index is 2.29. The standard InChI is InChI=1S/C6H8BrN/c7-3-6(4-8)5-1-2-5/h5-6H,1-3H2. The van der Waals surface area contributed by atoms with Crippen LogP contribution in [0, 0.1) is 23.2 Å². The van der Waals surface area contributed by atoms with Crippen LogP contribution < -0.4 is 0 Å². The number of hydrogen-bond donors (Lipinski definition) is 0. The summed E-state index contributed by atoms with van der Waals surface area (Å²) in [6.07, 6.45) is 2.54. The molecule has 0 bridgehead atoms. The van der Waals surface area contributed by atoms with E-state index in [-0.39, 0.29) is 5.92 Å². The molecule has 1 unspecified atom stereocenters. The molecule has 0 saturated heterocycles. The Hall–Kier alpha value is -0.0300. The van der Waals surface area contributed by atoms with E-state index in [1.165, 1.54) is 12.8 Å². The Morgan fingerprint density at radius 1 is 1.75 bits per heavy atom. The summed E-state index contributed by atoms with van der Waals surface area (Å²) >= 11 is 3.29. The van der Waals surface area contributed by atoms with Crippen LogP contribution in [0.15, 0.2) is 0 Å². The Morgan fingerprint density at radius 3 is 2.50 bits per heavy atom. The molecule has 0 aromatic heterocycles. The van der Waals surface area contributed by atoms with Gasteiger partial charge in [0.2, 0.25) is 0 Å². The van der Waals surface area contributed by atoms with Crippen molar-refractivity contribution in [3.8, 4) is 6.07 Å². The van der Waals surface area contributed by atoms with Gasteiger partial charge < -0.3 is 0 Å². The lowest BCUT2D eigenvalue weighted by Gasteiger charge is -1.97. The van der Waals surface area contributed by atoms with E-state index < -0.39 is 0 Å². The second kappa shape index (κ2) is 2.50. The summed E-state index contributed by atoms with van der Waals surface area (Å²) in [7, 11) is 0. The molecule has 1 nitrogen and oxygen atoms in total. The molecule has 1 aliphatic rings. The minimum Gasteiger partial charge on any atom is -0.198 e. The average Bonchev–Trinajstić information content (AvgIpc) is 2.53.